The maximum absolute atomic E-state index is 6.15. The largest absolute Gasteiger partial charge is 0.327 e. The molecule has 1 unspecified atom stereocenters. The molecule has 0 fully saturated rings. The lowest BCUT2D eigenvalue weighted by molar-refractivity contribution is 0.423. The van der Waals surface area contributed by atoms with Gasteiger partial charge in [-0.1, -0.05) is 40.0 Å². The molecule has 0 saturated heterocycles. The minimum absolute atomic E-state index is 0.265. The van der Waals surface area contributed by atoms with Crippen LogP contribution in [0, 0.1) is 0 Å². The minimum atomic E-state index is 0.265. The van der Waals surface area contributed by atoms with Crippen LogP contribution >= 0.6 is 0 Å². The molecule has 0 amide bonds. The third kappa shape index (κ3) is 4.81. The summed E-state index contributed by atoms with van der Waals surface area (Å²) in [5, 5.41) is 4.66. The third-order valence-corrected chi connectivity index (χ3v) is 3.63. The van der Waals surface area contributed by atoms with Crippen LogP contribution in [0.25, 0.3) is 0 Å². The molecule has 1 heterocycles. The van der Waals surface area contributed by atoms with E-state index in [0.717, 1.165) is 31.4 Å². The summed E-state index contributed by atoms with van der Waals surface area (Å²) >= 11 is 0. The first-order chi connectivity index (χ1) is 8.71. The highest BCUT2D eigenvalue weighted by atomic mass is 15.3. The number of nitrogens with zero attached hydrogens (tertiary/aromatic N) is 2. The van der Waals surface area contributed by atoms with Crippen molar-refractivity contribution in [3.05, 3.63) is 18.0 Å². The Kier molecular flexibility index (Phi) is 7.02. The fraction of sp³-hybridized carbons (Fsp3) is 0.800. The second-order valence-corrected chi connectivity index (χ2v) is 5.22. The fourth-order valence-electron chi connectivity index (χ4n) is 2.38. The highest BCUT2D eigenvalue weighted by Crippen LogP contribution is 2.15. The van der Waals surface area contributed by atoms with Crippen molar-refractivity contribution in [3.63, 3.8) is 0 Å². The second-order valence-electron chi connectivity index (χ2n) is 5.22. The van der Waals surface area contributed by atoms with Crippen LogP contribution < -0.4 is 5.73 Å². The first-order valence-corrected chi connectivity index (χ1v) is 7.50. The van der Waals surface area contributed by atoms with Gasteiger partial charge in [-0.3, -0.25) is 4.68 Å². The molecular formula is C15H29N3. The van der Waals surface area contributed by atoms with Crippen LogP contribution in [0.5, 0.6) is 0 Å². The summed E-state index contributed by atoms with van der Waals surface area (Å²) in [6, 6.07) is 2.93. The zero-order valence-corrected chi connectivity index (χ0v) is 12.2. The van der Waals surface area contributed by atoms with Gasteiger partial charge in [0.25, 0.3) is 0 Å². The predicted molar refractivity (Wildman–Crippen MR) is 77.7 cm³/mol. The van der Waals surface area contributed by atoms with E-state index in [1.54, 1.807) is 0 Å². The fourth-order valence-corrected chi connectivity index (χ4v) is 2.38. The lowest BCUT2D eigenvalue weighted by Gasteiger charge is -2.13. The van der Waals surface area contributed by atoms with Gasteiger partial charge in [0, 0.05) is 18.7 Å². The van der Waals surface area contributed by atoms with Crippen LogP contribution in [0.3, 0.4) is 0 Å². The molecule has 1 atom stereocenters. The monoisotopic (exact) mass is 251 g/mol. The topological polar surface area (TPSA) is 43.8 Å². The van der Waals surface area contributed by atoms with Gasteiger partial charge >= 0.3 is 0 Å². The third-order valence-electron chi connectivity index (χ3n) is 3.63. The maximum atomic E-state index is 6.15. The first kappa shape index (κ1) is 15.2. The van der Waals surface area contributed by atoms with Crippen LogP contribution in [0.4, 0.5) is 0 Å². The number of hydrogen-bond donors (Lipinski definition) is 1. The SMILES string of the molecule is CCCCCC(N)Cc1ccn(C(CC)CC)n1. The standard InChI is InChI=1S/C15H29N3/c1-4-7-8-9-13(16)12-14-10-11-18(17-14)15(5-2)6-3/h10-11,13,15H,4-9,12,16H2,1-3H3. The Labute approximate surface area is 112 Å². The Morgan fingerprint density at radius 2 is 1.94 bits per heavy atom. The molecule has 18 heavy (non-hydrogen) atoms. The molecule has 1 aromatic heterocycles. The van der Waals surface area contributed by atoms with Gasteiger partial charge in [0.05, 0.1) is 11.7 Å². The summed E-state index contributed by atoms with van der Waals surface area (Å²) in [7, 11) is 0. The van der Waals surface area contributed by atoms with Crippen LogP contribution in [0.15, 0.2) is 12.3 Å². The quantitative estimate of drug-likeness (QED) is 0.680. The number of nitrogens with two attached hydrogens (primary N) is 1. The van der Waals surface area contributed by atoms with Gasteiger partial charge in [0.15, 0.2) is 0 Å². The molecule has 0 aromatic carbocycles. The van der Waals surface area contributed by atoms with E-state index in [1.807, 2.05) is 0 Å². The van der Waals surface area contributed by atoms with Crippen molar-refractivity contribution < 1.29 is 0 Å². The Morgan fingerprint density at radius 1 is 1.22 bits per heavy atom. The molecule has 0 aliphatic carbocycles. The summed E-state index contributed by atoms with van der Waals surface area (Å²) in [6.45, 7) is 6.65. The van der Waals surface area contributed by atoms with Gasteiger partial charge in [-0.15, -0.1) is 0 Å². The summed E-state index contributed by atoms with van der Waals surface area (Å²) in [5.41, 5.74) is 7.29. The van der Waals surface area contributed by atoms with Crippen molar-refractivity contribution in [1.82, 2.24) is 9.78 Å². The van der Waals surface area contributed by atoms with E-state index in [2.05, 4.69) is 42.8 Å². The highest BCUT2D eigenvalue weighted by molar-refractivity contribution is 5.02. The van der Waals surface area contributed by atoms with Gasteiger partial charge in [0.2, 0.25) is 0 Å². The normalized spacial score (nSPS) is 13.2. The number of rotatable bonds is 9. The predicted octanol–water partition coefficient (Wildman–Crippen LogP) is 3.69. The van der Waals surface area contributed by atoms with Crippen molar-refractivity contribution in [2.75, 3.05) is 0 Å². The maximum Gasteiger partial charge on any atom is 0.0640 e. The van der Waals surface area contributed by atoms with E-state index in [1.165, 1.54) is 19.3 Å². The van der Waals surface area contributed by atoms with Gasteiger partial charge in [-0.2, -0.15) is 5.10 Å². The van der Waals surface area contributed by atoms with Crippen LogP contribution in [0.2, 0.25) is 0 Å². The Hall–Kier alpha value is -0.830. The minimum Gasteiger partial charge on any atom is -0.327 e. The van der Waals surface area contributed by atoms with Gasteiger partial charge in [-0.05, 0) is 25.3 Å². The van der Waals surface area contributed by atoms with Crippen molar-refractivity contribution in [2.45, 2.75) is 77.8 Å². The van der Waals surface area contributed by atoms with Crippen LogP contribution in [0.1, 0.15) is 71.0 Å². The summed E-state index contributed by atoms with van der Waals surface area (Å²) in [6.07, 6.45) is 10.2. The molecule has 1 rings (SSSR count). The number of hydrogen-bond acceptors (Lipinski definition) is 2. The molecule has 0 bridgehead atoms. The second kappa shape index (κ2) is 8.30. The van der Waals surface area contributed by atoms with Crippen molar-refractivity contribution in [1.29, 1.82) is 0 Å². The summed E-state index contributed by atoms with van der Waals surface area (Å²) < 4.78 is 2.11. The van der Waals surface area contributed by atoms with Crippen molar-refractivity contribution >= 4 is 0 Å². The Balaban J connectivity index is 2.43. The Bertz CT molecular complexity index is 315. The smallest absolute Gasteiger partial charge is 0.0640 e. The van der Waals surface area contributed by atoms with Gasteiger partial charge in [-0.25, -0.2) is 0 Å². The zero-order chi connectivity index (χ0) is 13.4. The molecule has 104 valence electrons. The molecule has 1 aromatic rings. The highest BCUT2D eigenvalue weighted by Gasteiger charge is 2.10. The molecule has 2 N–H and O–H groups in total. The van der Waals surface area contributed by atoms with E-state index in [0.29, 0.717) is 6.04 Å². The zero-order valence-electron chi connectivity index (χ0n) is 12.2. The molecule has 0 aliphatic heterocycles. The summed E-state index contributed by atoms with van der Waals surface area (Å²) in [5.74, 6) is 0. The molecule has 0 spiro atoms. The van der Waals surface area contributed by atoms with E-state index in [4.69, 9.17) is 5.73 Å². The lowest BCUT2D eigenvalue weighted by atomic mass is 10.1. The first-order valence-electron chi connectivity index (χ1n) is 7.50. The molecule has 0 radical (unpaired) electrons. The number of aromatic nitrogens is 2. The van der Waals surface area contributed by atoms with Crippen LogP contribution in [-0.4, -0.2) is 15.8 Å². The molecule has 3 nitrogen and oxygen atoms in total. The molecular weight excluding hydrogens is 222 g/mol. The van der Waals surface area contributed by atoms with Crippen molar-refractivity contribution in [2.24, 2.45) is 5.73 Å². The van der Waals surface area contributed by atoms with Gasteiger partial charge in [0.1, 0.15) is 0 Å². The van der Waals surface area contributed by atoms with Crippen LogP contribution in [-0.2, 0) is 6.42 Å². The molecule has 0 aliphatic rings. The Morgan fingerprint density at radius 3 is 2.56 bits per heavy atom. The lowest BCUT2D eigenvalue weighted by Crippen LogP contribution is -2.23. The molecule has 3 heteroatoms. The van der Waals surface area contributed by atoms with Gasteiger partial charge < -0.3 is 5.73 Å². The molecule has 0 saturated carbocycles. The van der Waals surface area contributed by atoms with E-state index < -0.39 is 0 Å². The number of unbranched alkanes of at least 4 members (excludes halogenated alkanes) is 2. The van der Waals surface area contributed by atoms with E-state index >= 15 is 0 Å². The van der Waals surface area contributed by atoms with E-state index in [-0.39, 0.29) is 6.04 Å². The van der Waals surface area contributed by atoms with Crippen molar-refractivity contribution in [3.8, 4) is 0 Å². The average molecular weight is 251 g/mol. The van der Waals surface area contributed by atoms with E-state index in [9.17, 15) is 0 Å². The average Bonchev–Trinajstić information content (AvgIpc) is 2.79. The summed E-state index contributed by atoms with van der Waals surface area (Å²) in [4.78, 5) is 0.